The van der Waals surface area contributed by atoms with Crippen molar-refractivity contribution in [2.24, 2.45) is 0 Å². The SMILES string of the molecule is CNC(=O)[C@H]1CCCN1C(=O)c1cccc(-c2nc3ccccc3o2)c1. The van der Waals surface area contributed by atoms with E-state index in [0.717, 1.165) is 17.5 Å². The minimum Gasteiger partial charge on any atom is -0.436 e. The highest BCUT2D eigenvalue weighted by Crippen LogP contribution is 2.26. The first-order valence-electron chi connectivity index (χ1n) is 8.66. The largest absolute Gasteiger partial charge is 0.436 e. The predicted octanol–water partition coefficient (Wildman–Crippen LogP) is 2.85. The number of oxazole rings is 1. The molecule has 0 bridgehead atoms. The summed E-state index contributed by atoms with van der Waals surface area (Å²) >= 11 is 0. The molecule has 1 aliphatic rings. The van der Waals surface area contributed by atoms with Crippen LogP contribution in [-0.4, -0.2) is 41.3 Å². The number of hydrogen-bond donors (Lipinski definition) is 1. The number of nitrogens with zero attached hydrogens (tertiary/aromatic N) is 2. The quantitative estimate of drug-likeness (QED) is 0.789. The highest BCUT2D eigenvalue weighted by atomic mass is 16.3. The van der Waals surface area contributed by atoms with Gasteiger partial charge in [0.05, 0.1) is 0 Å². The summed E-state index contributed by atoms with van der Waals surface area (Å²) in [5.74, 6) is 0.213. The van der Waals surface area contributed by atoms with Crippen molar-refractivity contribution in [3.8, 4) is 11.5 Å². The Hall–Kier alpha value is -3.15. The van der Waals surface area contributed by atoms with Gasteiger partial charge in [-0.05, 0) is 43.2 Å². The van der Waals surface area contributed by atoms with Crippen LogP contribution >= 0.6 is 0 Å². The van der Waals surface area contributed by atoms with E-state index in [9.17, 15) is 9.59 Å². The average molecular weight is 349 g/mol. The van der Waals surface area contributed by atoms with Crippen molar-refractivity contribution in [1.82, 2.24) is 15.2 Å². The van der Waals surface area contributed by atoms with Crippen molar-refractivity contribution in [1.29, 1.82) is 0 Å². The van der Waals surface area contributed by atoms with Crippen LogP contribution in [0.1, 0.15) is 23.2 Å². The molecule has 26 heavy (non-hydrogen) atoms. The predicted molar refractivity (Wildman–Crippen MR) is 97.6 cm³/mol. The number of fused-ring (bicyclic) bond motifs is 1. The molecule has 1 N–H and O–H groups in total. The maximum absolute atomic E-state index is 12.9. The molecule has 2 aromatic carbocycles. The van der Waals surface area contributed by atoms with Crippen LogP contribution in [0, 0.1) is 0 Å². The lowest BCUT2D eigenvalue weighted by Crippen LogP contribution is -2.44. The number of carbonyl (C=O) groups is 2. The lowest BCUT2D eigenvalue weighted by molar-refractivity contribution is -0.124. The molecule has 1 aliphatic heterocycles. The Morgan fingerprint density at radius 3 is 2.85 bits per heavy atom. The van der Waals surface area contributed by atoms with Gasteiger partial charge in [-0.2, -0.15) is 0 Å². The zero-order chi connectivity index (χ0) is 18.1. The van der Waals surface area contributed by atoms with Crippen molar-refractivity contribution >= 4 is 22.9 Å². The third-order valence-corrected chi connectivity index (χ3v) is 4.71. The molecule has 1 aromatic heterocycles. The van der Waals surface area contributed by atoms with Gasteiger partial charge in [0.2, 0.25) is 11.8 Å². The summed E-state index contributed by atoms with van der Waals surface area (Å²) in [5, 5.41) is 2.64. The molecular weight excluding hydrogens is 330 g/mol. The van der Waals surface area contributed by atoms with Crippen molar-refractivity contribution in [2.75, 3.05) is 13.6 Å². The number of likely N-dealkylation sites (N-methyl/N-ethyl adjacent to an activating group) is 1. The van der Waals surface area contributed by atoms with E-state index >= 15 is 0 Å². The lowest BCUT2D eigenvalue weighted by Gasteiger charge is -2.23. The van der Waals surface area contributed by atoms with E-state index in [1.807, 2.05) is 36.4 Å². The third-order valence-electron chi connectivity index (χ3n) is 4.71. The number of hydrogen-bond acceptors (Lipinski definition) is 4. The molecular formula is C20H19N3O3. The maximum atomic E-state index is 12.9. The normalized spacial score (nSPS) is 16.8. The first kappa shape index (κ1) is 16.3. The van der Waals surface area contributed by atoms with Gasteiger partial charge in [0.1, 0.15) is 11.6 Å². The second-order valence-corrected chi connectivity index (χ2v) is 6.34. The van der Waals surface area contributed by atoms with Crippen LogP contribution in [0.15, 0.2) is 52.9 Å². The Labute approximate surface area is 150 Å². The zero-order valence-electron chi connectivity index (χ0n) is 14.4. The van der Waals surface area contributed by atoms with Crippen LogP contribution in [0.4, 0.5) is 0 Å². The molecule has 132 valence electrons. The Kier molecular flexibility index (Phi) is 4.16. The third kappa shape index (κ3) is 2.83. The van der Waals surface area contributed by atoms with E-state index in [0.29, 0.717) is 30.0 Å². The zero-order valence-corrected chi connectivity index (χ0v) is 14.4. The van der Waals surface area contributed by atoms with Gasteiger partial charge in [-0.15, -0.1) is 0 Å². The van der Waals surface area contributed by atoms with Gasteiger partial charge in [-0.3, -0.25) is 9.59 Å². The van der Waals surface area contributed by atoms with Gasteiger partial charge in [-0.25, -0.2) is 4.98 Å². The number of carbonyl (C=O) groups excluding carboxylic acids is 2. The fourth-order valence-corrected chi connectivity index (χ4v) is 3.40. The molecule has 0 aliphatic carbocycles. The van der Waals surface area contributed by atoms with E-state index in [4.69, 9.17) is 4.42 Å². The molecule has 6 nitrogen and oxygen atoms in total. The Balaban J connectivity index is 1.65. The summed E-state index contributed by atoms with van der Waals surface area (Å²) in [4.78, 5) is 31.1. The van der Waals surface area contributed by atoms with Crippen LogP contribution in [0.5, 0.6) is 0 Å². The molecule has 1 atom stereocenters. The Morgan fingerprint density at radius 1 is 1.19 bits per heavy atom. The number of benzene rings is 2. The second kappa shape index (κ2) is 6.63. The number of nitrogens with one attached hydrogen (secondary N) is 1. The van der Waals surface area contributed by atoms with Crippen LogP contribution in [0.25, 0.3) is 22.6 Å². The average Bonchev–Trinajstić information content (AvgIpc) is 3.33. The van der Waals surface area contributed by atoms with E-state index < -0.39 is 6.04 Å². The standard InChI is InChI=1S/C20H19N3O3/c1-21-18(24)16-9-5-11-23(16)20(25)14-7-4-6-13(12-14)19-22-15-8-2-3-10-17(15)26-19/h2-4,6-8,10,12,16H,5,9,11H2,1H3,(H,21,24)/t16-/m1/s1. The molecule has 0 unspecified atom stereocenters. The molecule has 2 amide bonds. The van der Waals surface area contributed by atoms with Crippen molar-refractivity contribution in [3.63, 3.8) is 0 Å². The van der Waals surface area contributed by atoms with Gasteiger partial charge < -0.3 is 14.6 Å². The first-order chi connectivity index (χ1) is 12.7. The Bertz CT molecular complexity index is 946. The second-order valence-electron chi connectivity index (χ2n) is 6.34. The van der Waals surface area contributed by atoms with Crippen molar-refractivity contribution in [3.05, 3.63) is 54.1 Å². The topological polar surface area (TPSA) is 75.4 Å². The minimum absolute atomic E-state index is 0.119. The van der Waals surface area contributed by atoms with Crippen LogP contribution in [-0.2, 0) is 4.79 Å². The first-order valence-corrected chi connectivity index (χ1v) is 8.66. The monoisotopic (exact) mass is 349 g/mol. The molecule has 4 rings (SSSR count). The van der Waals surface area contributed by atoms with Gasteiger partial charge in [0, 0.05) is 24.7 Å². The van der Waals surface area contributed by atoms with E-state index in [-0.39, 0.29) is 11.8 Å². The highest BCUT2D eigenvalue weighted by molar-refractivity contribution is 5.98. The summed E-state index contributed by atoms with van der Waals surface area (Å²) < 4.78 is 5.79. The van der Waals surface area contributed by atoms with E-state index in [1.54, 1.807) is 24.1 Å². The molecule has 0 radical (unpaired) electrons. The fourth-order valence-electron chi connectivity index (χ4n) is 3.40. The molecule has 1 saturated heterocycles. The van der Waals surface area contributed by atoms with Gasteiger partial charge in [0.15, 0.2) is 5.58 Å². The smallest absolute Gasteiger partial charge is 0.254 e. The molecule has 1 fully saturated rings. The molecule has 3 aromatic rings. The van der Waals surface area contributed by atoms with E-state index in [2.05, 4.69) is 10.3 Å². The van der Waals surface area contributed by atoms with Crippen LogP contribution < -0.4 is 5.32 Å². The number of aromatic nitrogens is 1. The molecule has 0 saturated carbocycles. The van der Waals surface area contributed by atoms with Crippen LogP contribution in [0.3, 0.4) is 0 Å². The minimum atomic E-state index is -0.402. The van der Waals surface area contributed by atoms with Gasteiger partial charge in [-0.1, -0.05) is 18.2 Å². The lowest BCUT2D eigenvalue weighted by atomic mass is 10.1. The van der Waals surface area contributed by atoms with Crippen molar-refractivity contribution in [2.45, 2.75) is 18.9 Å². The van der Waals surface area contributed by atoms with Gasteiger partial charge >= 0.3 is 0 Å². The molecule has 2 heterocycles. The molecule has 0 spiro atoms. The van der Waals surface area contributed by atoms with Crippen LogP contribution in [0.2, 0.25) is 0 Å². The maximum Gasteiger partial charge on any atom is 0.254 e. The summed E-state index contributed by atoms with van der Waals surface area (Å²) in [6.45, 7) is 0.587. The Morgan fingerprint density at radius 2 is 2.04 bits per heavy atom. The highest BCUT2D eigenvalue weighted by Gasteiger charge is 2.34. The van der Waals surface area contributed by atoms with Crippen molar-refractivity contribution < 1.29 is 14.0 Å². The summed E-state index contributed by atoms with van der Waals surface area (Å²) in [6.07, 6.45) is 1.52. The number of para-hydroxylation sites is 2. The number of likely N-dealkylation sites (tertiary alicyclic amines) is 1. The summed E-state index contributed by atoms with van der Waals surface area (Å²) in [7, 11) is 1.59. The van der Waals surface area contributed by atoms with Gasteiger partial charge in [0.25, 0.3) is 5.91 Å². The number of amides is 2. The van der Waals surface area contributed by atoms with E-state index in [1.165, 1.54) is 0 Å². The summed E-state index contributed by atoms with van der Waals surface area (Å²) in [5.41, 5.74) is 2.75. The fraction of sp³-hybridized carbons (Fsp3) is 0.250. The number of rotatable bonds is 3. The molecule has 6 heteroatoms. The summed E-state index contributed by atoms with van der Waals surface area (Å²) in [6, 6.07) is 14.3.